The summed E-state index contributed by atoms with van der Waals surface area (Å²) in [5, 5.41) is 5.99. The van der Waals surface area contributed by atoms with Gasteiger partial charge in [0.25, 0.3) is 0 Å². The van der Waals surface area contributed by atoms with Gasteiger partial charge in [0.1, 0.15) is 0 Å². The Bertz CT molecular complexity index is 168. The number of carbonyl (C=O) groups excluding carboxylic acids is 1. The van der Waals surface area contributed by atoms with Crippen LogP contribution in [0, 0.1) is 5.92 Å². The molecule has 0 aliphatic rings. The van der Waals surface area contributed by atoms with Gasteiger partial charge in [-0.25, -0.2) is 0 Å². The van der Waals surface area contributed by atoms with E-state index in [1.165, 1.54) is 0 Å². The first-order valence-corrected chi connectivity index (χ1v) is 5.59. The van der Waals surface area contributed by atoms with E-state index in [9.17, 15) is 4.79 Å². The summed E-state index contributed by atoms with van der Waals surface area (Å²) in [5.41, 5.74) is 0. The Morgan fingerprint density at radius 3 is 2.60 bits per heavy atom. The minimum atomic E-state index is 0.00575. The number of hydrogen-bond acceptors (Lipinski definition) is 3. The second-order valence-corrected chi connectivity index (χ2v) is 3.91. The molecule has 0 rings (SSSR count). The van der Waals surface area contributed by atoms with Crippen LogP contribution >= 0.6 is 0 Å². The second-order valence-electron chi connectivity index (χ2n) is 3.91. The highest BCUT2D eigenvalue weighted by atomic mass is 16.5. The minimum Gasteiger partial charge on any atom is -0.383 e. The Balaban J connectivity index is 3.97. The predicted molar refractivity (Wildman–Crippen MR) is 61.8 cm³/mol. The number of hydrogen-bond donors (Lipinski definition) is 2. The van der Waals surface area contributed by atoms with Gasteiger partial charge in [0.05, 0.1) is 12.6 Å². The molecule has 0 fully saturated rings. The lowest BCUT2D eigenvalue weighted by Gasteiger charge is -2.19. The van der Waals surface area contributed by atoms with Crippen LogP contribution in [0.2, 0.25) is 0 Å². The molecule has 0 bridgehead atoms. The zero-order valence-electron chi connectivity index (χ0n) is 10.3. The van der Waals surface area contributed by atoms with Gasteiger partial charge >= 0.3 is 0 Å². The van der Waals surface area contributed by atoms with E-state index < -0.39 is 0 Å². The molecule has 2 N–H and O–H groups in total. The molecule has 15 heavy (non-hydrogen) atoms. The third-order valence-corrected chi connectivity index (χ3v) is 2.31. The van der Waals surface area contributed by atoms with Crippen LogP contribution in [-0.4, -0.2) is 39.3 Å². The number of rotatable bonds is 8. The zero-order valence-corrected chi connectivity index (χ0v) is 10.3. The number of carbonyl (C=O) groups is 1. The minimum absolute atomic E-state index is 0.00575. The fourth-order valence-corrected chi connectivity index (χ4v) is 1.49. The number of amides is 1. The summed E-state index contributed by atoms with van der Waals surface area (Å²) >= 11 is 0. The van der Waals surface area contributed by atoms with Gasteiger partial charge < -0.3 is 15.4 Å². The molecule has 2 unspecified atom stereocenters. The van der Waals surface area contributed by atoms with E-state index >= 15 is 0 Å². The van der Waals surface area contributed by atoms with E-state index in [0.29, 0.717) is 13.2 Å². The summed E-state index contributed by atoms with van der Waals surface area (Å²) in [6.45, 7) is 5.32. The quantitative estimate of drug-likeness (QED) is 0.630. The van der Waals surface area contributed by atoms with Gasteiger partial charge in [0.2, 0.25) is 5.91 Å². The van der Waals surface area contributed by atoms with Gasteiger partial charge in [-0.15, -0.1) is 0 Å². The van der Waals surface area contributed by atoms with Gasteiger partial charge in [-0.1, -0.05) is 20.3 Å². The van der Waals surface area contributed by atoms with Crippen LogP contribution in [0.25, 0.3) is 0 Å². The molecule has 0 aromatic heterocycles. The summed E-state index contributed by atoms with van der Waals surface area (Å²) in [6, 6.07) is 0.145. The Morgan fingerprint density at radius 1 is 1.47 bits per heavy atom. The summed E-state index contributed by atoms with van der Waals surface area (Å²) in [4.78, 5) is 11.7. The van der Waals surface area contributed by atoms with Crippen LogP contribution in [0.5, 0.6) is 0 Å². The van der Waals surface area contributed by atoms with Gasteiger partial charge in [-0.05, 0) is 13.5 Å². The molecule has 4 heteroatoms. The molecule has 0 radical (unpaired) electrons. The Labute approximate surface area is 92.8 Å². The fraction of sp³-hybridized carbons (Fsp3) is 0.909. The lowest BCUT2D eigenvalue weighted by Crippen LogP contribution is -2.42. The first-order chi connectivity index (χ1) is 7.15. The maximum atomic E-state index is 11.7. The highest BCUT2D eigenvalue weighted by Gasteiger charge is 2.16. The SMILES string of the molecule is CCCC(COC)NC(=O)C(C)CNC. The van der Waals surface area contributed by atoms with Crippen molar-refractivity contribution in [2.45, 2.75) is 32.7 Å². The topological polar surface area (TPSA) is 50.4 Å². The van der Waals surface area contributed by atoms with Crippen molar-refractivity contribution in [3.63, 3.8) is 0 Å². The molecule has 0 aromatic rings. The third kappa shape index (κ3) is 6.47. The zero-order chi connectivity index (χ0) is 11.7. The molecular formula is C11H24N2O2. The Morgan fingerprint density at radius 2 is 2.13 bits per heavy atom. The summed E-state index contributed by atoms with van der Waals surface area (Å²) in [7, 11) is 3.51. The lowest BCUT2D eigenvalue weighted by molar-refractivity contribution is -0.125. The van der Waals surface area contributed by atoms with Crippen LogP contribution in [0.3, 0.4) is 0 Å². The van der Waals surface area contributed by atoms with Gasteiger partial charge in [0, 0.05) is 19.6 Å². The van der Waals surface area contributed by atoms with Crippen molar-refractivity contribution in [1.29, 1.82) is 0 Å². The van der Waals surface area contributed by atoms with E-state index in [1.807, 2.05) is 14.0 Å². The molecule has 0 saturated carbocycles. The maximum absolute atomic E-state index is 11.7. The lowest BCUT2D eigenvalue weighted by atomic mass is 10.1. The third-order valence-electron chi connectivity index (χ3n) is 2.31. The average molecular weight is 216 g/mol. The van der Waals surface area contributed by atoms with Gasteiger partial charge in [-0.2, -0.15) is 0 Å². The average Bonchev–Trinajstić information content (AvgIpc) is 2.18. The van der Waals surface area contributed by atoms with E-state index in [-0.39, 0.29) is 17.9 Å². The van der Waals surface area contributed by atoms with Crippen molar-refractivity contribution in [3.8, 4) is 0 Å². The molecule has 0 heterocycles. The first kappa shape index (κ1) is 14.4. The molecule has 0 aliphatic heterocycles. The van der Waals surface area contributed by atoms with Crippen molar-refractivity contribution in [3.05, 3.63) is 0 Å². The first-order valence-electron chi connectivity index (χ1n) is 5.59. The molecule has 0 aromatic carbocycles. The highest BCUT2D eigenvalue weighted by molar-refractivity contribution is 5.78. The van der Waals surface area contributed by atoms with Crippen molar-refractivity contribution < 1.29 is 9.53 Å². The van der Waals surface area contributed by atoms with Crippen LogP contribution < -0.4 is 10.6 Å². The summed E-state index contributed by atoms with van der Waals surface area (Å²) in [6.07, 6.45) is 2.01. The van der Waals surface area contributed by atoms with E-state index in [1.54, 1.807) is 7.11 Å². The molecule has 0 aliphatic carbocycles. The van der Waals surface area contributed by atoms with Crippen LogP contribution in [0.1, 0.15) is 26.7 Å². The second kappa shape index (κ2) is 8.68. The molecule has 0 saturated heterocycles. The standard InChI is InChI=1S/C11H24N2O2/c1-5-6-10(8-15-4)13-11(14)9(2)7-12-3/h9-10,12H,5-8H2,1-4H3,(H,13,14). The van der Waals surface area contributed by atoms with Gasteiger partial charge in [-0.3, -0.25) is 4.79 Å². The predicted octanol–water partition coefficient (Wildman–Crippen LogP) is 0.773. The summed E-state index contributed by atoms with van der Waals surface area (Å²) < 4.78 is 5.07. The van der Waals surface area contributed by atoms with E-state index in [0.717, 1.165) is 12.8 Å². The normalized spacial score (nSPS) is 14.7. The largest absolute Gasteiger partial charge is 0.383 e. The van der Waals surface area contributed by atoms with Crippen molar-refractivity contribution >= 4 is 5.91 Å². The fourth-order valence-electron chi connectivity index (χ4n) is 1.49. The van der Waals surface area contributed by atoms with Crippen LogP contribution in [0.15, 0.2) is 0 Å². The van der Waals surface area contributed by atoms with Crippen molar-refractivity contribution in [2.24, 2.45) is 5.92 Å². The van der Waals surface area contributed by atoms with Crippen molar-refractivity contribution in [1.82, 2.24) is 10.6 Å². The number of methoxy groups -OCH3 is 1. The maximum Gasteiger partial charge on any atom is 0.224 e. The molecule has 0 spiro atoms. The monoisotopic (exact) mass is 216 g/mol. The number of ether oxygens (including phenoxy) is 1. The summed E-state index contributed by atoms with van der Waals surface area (Å²) in [5.74, 6) is 0.103. The smallest absolute Gasteiger partial charge is 0.224 e. The molecule has 90 valence electrons. The molecule has 4 nitrogen and oxygen atoms in total. The van der Waals surface area contributed by atoms with E-state index in [4.69, 9.17) is 4.74 Å². The van der Waals surface area contributed by atoms with Crippen LogP contribution in [-0.2, 0) is 9.53 Å². The van der Waals surface area contributed by atoms with E-state index in [2.05, 4.69) is 17.6 Å². The molecular weight excluding hydrogens is 192 g/mol. The number of nitrogens with one attached hydrogen (secondary N) is 2. The van der Waals surface area contributed by atoms with Crippen LogP contribution in [0.4, 0.5) is 0 Å². The highest BCUT2D eigenvalue weighted by Crippen LogP contribution is 2.00. The van der Waals surface area contributed by atoms with Gasteiger partial charge in [0.15, 0.2) is 0 Å². The molecule has 2 atom stereocenters. The molecule has 1 amide bonds. The Hall–Kier alpha value is -0.610. The van der Waals surface area contributed by atoms with Crippen molar-refractivity contribution in [2.75, 3.05) is 27.3 Å². The Kier molecular flexibility index (Phi) is 8.33.